The SMILES string of the molecule is CCOc1ccc(NC(=O)N2CCC(Cn3nc(C)cc3C)CC2)cc1. The van der Waals surface area contributed by atoms with Gasteiger partial charge < -0.3 is 15.0 Å². The Labute approximate surface area is 155 Å². The van der Waals surface area contributed by atoms with Crippen LogP contribution in [-0.2, 0) is 6.54 Å². The Morgan fingerprint density at radius 1 is 1.23 bits per heavy atom. The summed E-state index contributed by atoms with van der Waals surface area (Å²) in [4.78, 5) is 14.4. The summed E-state index contributed by atoms with van der Waals surface area (Å²) in [5, 5.41) is 7.52. The first kappa shape index (κ1) is 18.3. The van der Waals surface area contributed by atoms with Crippen LogP contribution >= 0.6 is 0 Å². The third-order valence-corrected chi connectivity index (χ3v) is 4.85. The van der Waals surface area contributed by atoms with Gasteiger partial charge in [0.1, 0.15) is 5.75 Å². The number of nitrogens with one attached hydrogen (secondary N) is 1. The molecule has 26 heavy (non-hydrogen) atoms. The largest absolute Gasteiger partial charge is 0.494 e. The van der Waals surface area contributed by atoms with Gasteiger partial charge in [-0.1, -0.05) is 0 Å². The summed E-state index contributed by atoms with van der Waals surface area (Å²) < 4.78 is 7.52. The maximum absolute atomic E-state index is 12.5. The number of aromatic nitrogens is 2. The fourth-order valence-electron chi connectivity index (χ4n) is 3.43. The highest BCUT2D eigenvalue weighted by molar-refractivity contribution is 5.89. The lowest BCUT2D eigenvalue weighted by Crippen LogP contribution is -2.41. The van der Waals surface area contributed by atoms with E-state index in [1.54, 1.807) is 0 Å². The minimum Gasteiger partial charge on any atom is -0.494 e. The second-order valence-electron chi connectivity index (χ2n) is 6.93. The Hall–Kier alpha value is -2.50. The molecule has 0 saturated carbocycles. The molecule has 2 amide bonds. The summed E-state index contributed by atoms with van der Waals surface area (Å²) in [6, 6.07) is 9.58. The Bertz CT molecular complexity index is 731. The molecule has 1 aromatic carbocycles. The standard InChI is InChI=1S/C20H28N4O2/c1-4-26-19-7-5-18(6-8-19)21-20(25)23-11-9-17(10-12-23)14-24-16(3)13-15(2)22-24/h5-8,13,17H,4,9-12,14H2,1-3H3,(H,21,25). The molecule has 2 heterocycles. The zero-order chi connectivity index (χ0) is 18.5. The van der Waals surface area contributed by atoms with E-state index in [0.29, 0.717) is 12.5 Å². The van der Waals surface area contributed by atoms with Crippen LogP contribution in [0.1, 0.15) is 31.2 Å². The molecule has 1 aliphatic rings. The molecule has 0 bridgehead atoms. The van der Waals surface area contributed by atoms with Crippen LogP contribution in [0.2, 0.25) is 0 Å². The van der Waals surface area contributed by atoms with Gasteiger partial charge in [0.25, 0.3) is 0 Å². The fourth-order valence-corrected chi connectivity index (χ4v) is 3.43. The highest BCUT2D eigenvalue weighted by Crippen LogP contribution is 2.21. The van der Waals surface area contributed by atoms with Crippen molar-refractivity contribution in [2.75, 3.05) is 25.0 Å². The maximum Gasteiger partial charge on any atom is 0.321 e. The molecule has 1 N–H and O–H groups in total. The Morgan fingerprint density at radius 2 is 1.92 bits per heavy atom. The summed E-state index contributed by atoms with van der Waals surface area (Å²) in [6.07, 6.45) is 2.02. The number of nitrogens with zero attached hydrogens (tertiary/aromatic N) is 3. The minimum absolute atomic E-state index is 0.0290. The number of amides is 2. The van der Waals surface area contributed by atoms with E-state index in [0.717, 1.165) is 49.6 Å². The van der Waals surface area contributed by atoms with Crippen LogP contribution in [0.15, 0.2) is 30.3 Å². The number of urea groups is 1. The van der Waals surface area contributed by atoms with Gasteiger partial charge in [0.2, 0.25) is 0 Å². The number of ether oxygens (including phenoxy) is 1. The number of piperidine rings is 1. The Morgan fingerprint density at radius 3 is 2.50 bits per heavy atom. The van der Waals surface area contributed by atoms with Crippen molar-refractivity contribution in [1.29, 1.82) is 0 Å². The Kier molecular flexibility index (Phi) is 5.81. The molecule has 1 aromatic heterocycles. The quantitative estimate of drug-likeness (QED) is 0.885. The number of aryl methyl sites for hydroxylation is 2. The number of benzene rings is 1. The Balaban J connectivity index is 1.48. The minimum atomic E-state index is -0.0290. The first-order valence-electron chi connectivity index (χ1n) is 9.35. The van der Waals surface area contributed by atoms with Gasteiger partial charge in [-0.2, -0.15) is 5.10 Å². The number of hydrogen-bond acceptors (Lipinski definition) is 3. The molecule has 6 heteroatoms. The van der Waals surface area contributed by atoms with E-state index >= 15 is 0 Å². The summed E-state index contributed by atoms with van der Waals surface area (Å²) >= 11 is 0. The van der Waals surface area contributed by atoms with Gasteiger partial charge in [-0.05, 0) is 69.9 Å². The molecular formula is C20H28N4O2. The van der Waals surface area contributed by atoms with Crippen molar-refractivity contribution in [2.45, 2.75) is 40.2 Å². The monoisotopic (exact) mass is 356 g/mol. The summed E-state index contributed by atoms with van der Waals surface area (Å²) in [6.45, 7) is 9.22. The number of carbonyl (C=O) groups excluding carboxylic acids is 1. The van der Waals surface area contributed by atoms with Crippen molar-refractivity contribution < 1.29 is 9.53 Å². The van der Waals surface area contributed by atoms with E-state index < -0.39 is 0 Å². The van der Waals surface area contributed by atoms with E-state index in [2.05, 4.69) is 28.1 Å². The molecule has 1 saturated heterocycles. The zero-order valence-corrected chi connectivity index (χ0v) is 15.9. The maximum atomic E-state index is 12.5. The van der Waals surface area contributed by atoms with Crippen molar-refractivity contribution in [2.24, 2.45) is 5.92 Å². The third-order valence-electron chi connectivity index (χ3n) is 4.85. The van der Waals surface area contributed by atoms with Gasteiger partial charge in [-0.3, -0.25) is 4.68 Å². The summed E-state index contributed by atoms with van der Waals surface area (Å²) in [7, 11) is 0. The van der Waals surface area contributed by atoms with Crippen LogP contribution in [0.3, 0.4) is 0 Å². The molecule has 2 aromatic rings. The van der Waals surface area contributed by atoms with Gasteiger partial charge in [0, 0.05) is 31.0 Å². The lowest BCUT2D eigenvalue weighted by atomic mass is 9.97. The number of hydrogen-bond donors (Lipinski definition) is 1. The van der Waals surface area contributed by atoms with Crippen LogP contribution in [0.4, 0.5) is 10.5 Å². The number of carbonyl (C=O) groups is 1. The van der Waals surface area contributed by atoms with Crippen LogP contribution < -0.4 is 10.1 Å². The highest BCUT2D eigenvalue weighted by Gasteiger charge is 2.23. The first-order valence-corrected chi connectivity index (χ1v) is 9.35. The molecule has 0 spiro atoms. The van der Waals surface area contributed by atoms with Crippen LogP contribution in [0.25, 0.3) is 0 Å². The predicted octanol–water partition coefficient (Wildman–Crippen LogP) is 3.84. The molecular weight excluding hydrogens is 328 g/mol. The van der Waals surface area contributed by atoms with Crippen molar-refractivity contribution >= 4 is 11.7 Å². The molecule has 0 radical (unpaired) electrons. The molecule has 1 fully saturated rings. The predicted molar refractivity (Wildman–Crippen MR) is 103 cm³/mol. The van der Waals surface area contributed by atoms with Gasteiger partial charge in [-0.25, -0.2) is 4.79 Å². The summed E-state index contributed by atoms with van der Waals surface area (Å²) in [5.41, 5.74) is 3.07. The first-order chi connectivity index (χ1) is 12.5. The van der Waals surface area contributed by atoms with Gasteiger partial charge in [-0.15, -0.1) is 0 Å². The lowest BCUT2D eigenvalue weighted by molar-refractivity contribution is 0.175. The average Bonchev–Trinajstić information content (AvgIpc) is 2.94. The molecule has 0 atom stereocenters. The smallest absolute Gasteiger partial charge is 0.321 e. The lowest BCUT2D eigenvalue weighted by Gasteiger charge is -2.32. The van der Waals surface area contributed by atoms with Crippen LogP contribution in [0.5, 0.6) is 5.75 Å². The topological polar surface area (TPSA) is 59.4 Å². The molecule has 6 nitrogen and oxygen atoms in total. The average molecular weight is 356 g/mol. The number of anilines is 1. The van der Waals surface area contributed by atoms with Crippen LogP contribution in [-0.4, -0.2) is 40.4 Å². The molecule has 0 unspecified atom stereocenters. The van der Waals surface area contributed by atoms with Crippen molar-refractivity contribution in [3.05, 3.63) is 41.7 Å². The second-order valence-corrected chi connectivity index (χ2v) is 6.93. The van der Waals surface area contributed by atoms with Crippen molar-refractivity contribution in [3.8, 4) is 5.75 Å². The highest BCUT2D eigenvalue weighted by atomic mass is 16.5. The van der Waals surface area contributed by atoms with E-state index in [9.17, 15) is 4.79 Å². The van der Waals surface area contributed by atoms with Crippen molar-refractivity contribution in [1.82, 2.24) is 14.7 Å². The van der Waals surface area contributed by atoms with Crippen molar-refractivity contribution in [3.63, 3.8) is 0 Å². The van der Waals surface area contributed by atoms with Gasteiger partial charge in [0.05, 0.1) is 12.3 Å². The number of rotatable bonds is 5. The number of likely N-dealkylation sites (tertiary alicyclic amines) is 1. The molecule has 3 rings (SSSR count). The van der Waals surface area contributed by atoms with Gasteiger partial charge in [0.15, 0.2) is 0 Å². The summed E-state index contributed by atoms with van der Waals surface area (Å²) in [5.74, 6) is 1.39. The molecule has 140 valence electrons. The molecule has 0 aliphatic carbocycles. The second kappa shape index (κ2) is 8.25. The van der Waals surface area contributed by atoms with E-state index in [1.165, 1.54) is 5.69 Å². The van der Waals surface area contributed by atoms with Crippen LogP contribution in [0, 0.1) is 19.8 Å². The zero-order valence-electron chi connectivity index (χ0n) is 15.9. The molecule has 1 aliphatic heterocycles. The fraction of sp³-hybridized carbons (Fsp3) is 0.500. The van der Waals surface area contributed by atoms with Gasteiger partial charge >= 0.3 is 6.03 Å². The third kappa shape index (κ3) is 4.56. The normalized spacial score (nSPS) is 15.1. The van der Waals surface area contributed by atoms with E-state index in [1.807, 2.05) is 43.0 Å². The van der Waals surface area contributed by atoms with E-state index in [-0.39, 0.29) is 6.03 Å². The van der Waals surface area contributed by atoms with E-state index in [4.69, 9.17) is 4.74 Å².